The van der Waals surface area contributed by atoms with Crippen LogP contribution in [0.15, 0.2) is 90.4 Å². The molecule has 2 aliphatic rings. The van der Waals surface area contributed by atoms with Crippen molar-refractivity contribution in [3.8, 4) is 33.2 Å². The quantitative estimate of drug-likeness (QED) is 0.0685. The van der Waals surface area contributed by atoms with Crippen LogP contribution in [-0.2, 0) is 25.7 Å². The van der Waals surface area contributed by atoms with Crippen molar-refractivity contribution in [3.05, 3.63) is 107 Å². The Morgan fingerprint density at radius 2 is 1.64 bits per heavy atom. The number of aliphatic hydroxyl groups excluding tert-OH is 1. The number of aromatic hydroxyl groups is 1. The van der Waals surface area contributed by atoms with E-state index in [9.17, 15) is 29.4 Å². The fourth-order valence-corrected chi connectivity index (χ4v) is 9.51. The number of likely N-dealkylation sites (tertiary alicyclic amines) is 2. The summed E-state index contributed by atoms with van der Waals surface area (Å²) in [5.41, 5.74) is 12.2. The molecule has 2 aliphatic heterocycles. The maximum absolute atomic E-state index is 14.1. The van der Waals surface area contributed by atoms with Crippen molar-refractivity contribution in [1.82, 2.24) is 35.6 Å². The molecule has 2 saturated heterocycles. The number of amides is 4. The van der Waals surface area contributed by atoms with Gasteiger partial charge in [-0.25, -0.2) is 4.98 Å². The van der Waals surface area contributed by atoms with Crippen LogP contribution in [0.4, 0.5) is 5.82 Å². The maximum atomic E-state index is 14.1. The molecule has 5 atom stereocenters. The number of hydrogen-bond acceptors (Lipinski definition) is 12. The number of piperidine rings is 1. The number of ether oxygens (including phenoxy) is 1. The van der Waals surface area contributed by atoms with Crippen molar-refractivity contribution >= 4 is 40.8 Å². The standard InChI is InChI=1S/C50H60N8O7S/c1-31-45(66-30-53-31)34-21-19-32(20-22-34)26-52-48(63)40-24-36(59)28-58(40)49(64)46(50(2,3)4)54-43(61)17-9-6-10-18-44(62)57-27-35(33-13-7-5-8-14-33)23-37(29-57)65-42-25-39(55-56-47(42)51)38-15-11-12-16-41(38)60/h5,7-8,11-16,19-22,25,30,35-37,40,46,59-60H,6,9-10,17-18,23-24,26-29H2,1-4H3,(H2,51,56)(H,52,63)(H,54,61). The number of aryl methyl sites for hydroxylation is 1. The molecular weight excluding hydrogens is 857 g/mol. The number of nitrogens with one attached hydrogen (secondary N) is 2. The molecule has 5 aromatic rings. The van der Waals surface area contributed by atoms with E-state index >= 15 is 0 Å². The number of rotatable bonds is 16. The molecule has 15 nitrogen and oxygen atoms in total. The third-order valence-electron chi connectivity index (χ3n) is 12.3. The van der Waals surface area contributed by atoms with Crippen molar-refractivity contribution in [3.63, 3.8) is 0 Å². The number of unbranched alkanes of at least 4 members (excludes halogenated alkanes) is 2. The number of nitrogens with two attached hydrogens (primary N) is 1. The number of phenolic OH excluding ortho intramolecular Hbond substituents is 1. The van der Waals surface area contributed by atoms with E-state index in [0.717, 1.165) is 27.3 Å². The number of thiazole rings is 1. The lowest BCUT2D eigenvalue weighted by molar-refractivity contribution is -0.144. The summed E-state index contributed by atoms with van der Waals surface area (Å²) in [4.78, 5) is 63.4. The molecule has 4 heterocycles. The molecule has 2 fully saturated rings. The normalized spacial score (nSPS) is 19.0. The van der Waals surface area contributed by atoms with Crippen LogP contribution in [-0.4, -0.2) is 103 Å². The molecule has 2 aromatic heterocycles. The zero-order valence-electron chi connectivity index (χ0n) is 38.0. The fraction of sp³-hybridized carbons (Fsp3) is 0.420. The summed E-state index contributed by atoms with van der Waals surface area (Å²) in [6.45, 7) is 8.65. The van der Waals surface area contributed by atoms with Gasteiger partial charge in [-0.15, -0.1) is 21.5 Å². The average Bonchev–Trinajstić information content (AvgIpc) is 3.93. The third-order valence-corrected chi connectivity index (χ3v) is 13.3. The highest BCUT2D eigenvalue weighted by Gasteiger charge is 2.44. The number of hydrogen-bond donors (Lipinski definition) is 5. The summed E-state index contributed by atoms with van der Waals surface area (Å²) in [5.74, 6) is -0.608. The second kappa shape index (κ2) is 21.3. The molecule has 0 bridgehead atoms. The van der Waals surface area contributed by atoms with E-state index in [2.05, 4.69) is 37.9 Å². The Kier molecular flexibility index (Phi) is 15.3. The average molecular weight is 917 g/mol. The molecular formula is C50H60N8O7S. The molecule has 6 N–H and O–H groups in total. The van der Waals surface area contributed by atoms with Gasteiger partial charge in [-0.1, -0.05) is 93.9 Å². The number of aliphatic hydroxyl groups is 1. The van der Waals surface area contributed by atoms with Crippen LogP contribution in [0.1, 0.15) is 88.5 Å². The molecule has 0 radical (unpaired) electrons. The van der Waals surface area contributed by atoms with Crippen LogP contribution in [0.2, 0.25) is 0 Å². The van der Waals surface area contributed by atoms with Crippen LogP contribution in [0.3, 0.4) is 0 Å². The van der Waals surface area contributed by atoms with Gasteiger partial charge in [0.25, 0.3) is 0 Å². The van der Waals surface area contributed by atoms with Gasteiger partial charge < -0.3 is 41.1 Å². The topological polar surface area (TPSA) is 213 Å². The summed E-state index contributed by atoms with van der Waals surface area (Å²) in [6.07, 6.45) is 1.60. The van der Waals surface area contributed by atoms with Gasteiger partial charge in [-0.05, 0) is 60.4 Å². The summed E-state index contributed by atoms with van der Waals surface area (Å²) >= 11 is 1.57. The smallest absolute Gasteiger partial charge is 0.246 e. The lowest BCUT2D eigenvalue weighted by atomic mass is 9.85. The van der Waals surface area contributed by atoms with Crippen LogP contribution in [0, 0.1) is 12.3 Å². The molecule has 348 valence electrons. The van der Waals surface area contributed by atoms with Crippen molar-refractivity contribution < 1.29 is 34.1 Å². The SMILES string of the molecule is Cc1ncsc1-c1ccc(CNC(=O)C2CC(O)CN2C(=O)C(NC(=O)CCCCCC(=O)N2CC(Oc3cc(-c4ccccc4O)nnc3N)CC(c3ccccc3)C2)C(C)(C)C)cc1. The van der Waals surface area contributed by atoms with Gasteiger partial charge in [0.2, 0.25) is 23.6 Å². The number of phenols is 1. The van der Waals surface area contributed by atoms with Crippen LogP contribution in [0.5, 0.6) is 11.5 Å². The first-order chi connectivity index (χ1) is 31.6. The Labute approximate surface area is 389 Å². The highest BCUT2D eigenvalue weighted by Crippen LogP contribution is 2.35. The number of carbonyl (C=O) groups excluding carboxylic acids is 4. The van der Waals surface area contributed by atoms with E-state index < -0.39 is 35.6 Å². The zero-order valence-corrected chi connectivity index (χ0v) is 38.8. The van der Waals surface area contributed by atoms with Gasteiger partial charge in [0.15, 0.2) is 11.6 Å². The second-order valence-electron chi connectivity index (χ2n) is 18.4. The Bertz CT molecular complexity index is 2480. The van der Waals surface area contributed by atoms with E-state index in [4.69, 9.17) is 10.5 Å². The number of β-amino-alcohol motifs (C(OH)–C–C–N with tert-alkyl or cyclic N) is 1. The molecule has 5 unspecified atom stereocenters. The lowest BCUT2D eigenvalue weighted by Gasteiger charge is -2.38. The highest BCUT2D eigenvalue weighted by molar-refractivity contribution is 7.13. The van der Waals surface area contributed by atoms with Gasteiger partial charge in [-0.2, -0.15) is 0 Å². The molecule has 0 saturated carbocycles. The lowest BCUT2D eigenvalue weighted by Crippen LogP contribution is -2.57. The number of para-hydroxylation sites is 1. The van der Waals surface area contributed by atoms with Crippen molar-refractivity contribution in [2.75, 3.05) is 25.4 Å². The van der Waals surface area contributed by atoms with E-state index in [1.54, 1.807) is 41.7 Å². The van der Waals surface area contributed by atoms with Crippen molar-refractivity contribution in [2.24, 2.45) is 5.41 Å². The summed E-state index contributed by atoms with van der Waals surface area (Å²) < 4.78 is 6.45. The van der Waals surface area contributed by atoms with Gasteiger partial charge >= 0.3 is 0 Å². The minimum absolute atomic E-state index is 0.0120. The Balaban J connectivity index is 0.901. The molecule has 7 rings (SSSR count). The summed E-state index contributed by atoms with van der Waals surface area (Å²) in [6, 6.07) is 24.5. The third kappa shape index (κ3) is 11.9. The predicted molar refractivity (Wildman–Crippen MR) is 253 cm³/mol. The Hall–Kier alpha value is -6.39. The highest BCUT2D eigenvalue weighted by atomic mass is 32.1. The Morgan fingerprint density at radius 1 is 0.909 bits per heavy atom. The van der Waals surface area contributed by atoms with Crippen LogP contribution < -0.4 is 21.1 Å². The first-order valence-corrected chi connectivity index (χ1v) is 23.5. The fourth-order valence-electron chi connectivity index (χ4n) is 8.70. The van der Waals surface area contributed by atoms with E-state index in [0.29, 0.717) is 55.8 Å². The van der Waals surface area contributed by atoms with Gasteiger partial charge in [0.1, 0.15) is 29.6 Å². The molecule has 66 heavy (non-hydrogen) atoms. The predicted octanol–water partition coefficient (Wildman–Crippen LogP) is 6.39. The van der Waals surface area contributed by atoms with Crippen molar-refractivity contribution in [1.29, 1.82) is 0 Å². The second-order valence-corrected chi connectivity index (χ2v) is 19.2. The monoisotopic (exact) mass is 916 g/mol. The van der Waals surface area contributed by atoms with Gasteiger partial charge in [-0.3, -0.25) is 19.2 Å². The minimum atomic E-state index is -0.933. The molecule has 16 heteroatoms. The van der Waals surface area contributed by atoms with E-state index in [1.165, 1.54) is 4.90 Å². The molecule has 0 spiro atoms. The number of anilines is 1. The number of nitrogens with zero attached hydrogens (tertiary/aromatic N) is 5. The molecule has 4 amide bonds. The van der Waals surface area contributed by atoms with Gasteiger partial charge in [0, 0.05) is 56.4 Å². The first kappa shape index (κ1) is 47.6. The van der Waals surface area contributed by atoms with Crippen molar-refractivity contribution in [2.45, 2.75) is 109 Å². The zero-order chi connectivity index (χ0) is 47.0. The first-order valence-electron chi connectivity index (χ1n) is 22.6. The van der Waals surface area contributed by atoms with Crippen LogP contribution >= 0.6 is 11.3 Å². The molecule has 0 aliphatic carbocycles. The number of carbonyl (C=O) groups is 4. The van der Waals surface area contributed by atoms with Gasteiger partial charge in [0.05, 0.1) is 28.7 Å². The summed E-state index contributed by atoms with van der Waals surface area (Å²) in [5, 5.41) is 35.2. The molecule has 3 aromatic carbocycles. The number of aromatic nitrogens is 3. The number of nitrogen functional groups attached to an aromatic ring is 1. The summed E-state index contributed by atoms with van der Waals surface area (Å²) in [7, 11) is 0. The number of benzene rings is 3. The van der Waals surface area contributed by atoms with E-state index in [1.807, 2.05) is 80.6 Å². The van der Waals surface area contributed by atoms with Crippen LogP contribution in [0.25, 0.3) is 21.7 Å². The van der Waals surface area contributed by atoms with E-state index in [-0.39, 0.29) is 67.6 Å². The Morgan fingerprint density at radius 3 is 2.35 bits per heavy atom. The largest absolute Gasteiger partial charge is 0.507 e. The minimum Gasteiger partial charge on any atom is -0.507 e. The maximum Gasteiger partial charge on any atom is 0.246 e.